The van der Waals surface area contributed by atoms with Gasteiger partial charge in [-0.2, -0.15) is 5.26 Å². The van der Waals surface area contributed by atoms with Crippen LogP contribution in [-0.2, 0) is 0 Å². The Labute approximate surface area is 104 Å². The van der Waals surface area contributed by atoms with Crippen molar-refractivity contribution in [2.24, 2.45) is 0 Å². The van der Waals surface area contributed by atoms with Crippen LogP contribution < -0.4 is 11.1 Å². The SMILES string of the molecule is N#Cc1ccc(Nc2ncccc2N)c(Cl)c1. The molecule has 0 aliphatic heterocycles. The van der Waals surface area contributed by atoms with E-state index in [1.165, 1.54) is 0 Å². The first-order chi connectivity index (χ1) is 8.20. The fourth-order valence-electron chi connectivity index (χ4n) is 1.34. The van der Waals surface area contributed by atoms with Gasteiger partial charge in [0.25, 0.3) is 0 Å². The molecule has 2 rings (SSSR count). The van der Waals surface area contributed by atoms with Crippen LogP contribution in [0, 0.1) is 11.3 Å². The van der Waals surface area contributed by atoms with Crippen molar-refractivity contribution in [2.45, 2.75) is 0 Å². The van der Waals surface area contributed by atoms with Gasteiger partial charge < -0.3 is 11.1 Å². The lowest BCUT2D eigenvalue weighted by molar-refractivity contribution is 1.31. The second-order valence-electron chi connectivity index (χ2n) is 3.37. The van der Waals surface area contributed by atoms with E-state index >= 15 is 0 Å². The van der Waals surface area contributed by atoms with Gasteiger partial charge in [-0.3, -0.25) is 0 Å². The van der Waals surface area contributed by atoms with Gasteiger partial charge in [0, 0.05) is 6.20 Å². The van der Waals surface area contributed by atoms with Crippen molar-refractivity contribution in [2.75, 3.05) is 11.1 Å². The summed E-state index contributed by atoms with van der Waals surface area (Å²) in [7, 11) is 0. The zero-order chi connectivity index (χ0) is 12.3. The molecule has 3 N–H and O–H groups in total. The van der Waals surface area contributed by atoms with Crippen molar-refractivity contribution >= 4 is 28.8 Å². The van der Waals surface area contributed by atoms with Gasteiger partial charge in [0.2, 0.25) is 0 Å². The highest BCUT2D eigenvalue weighted by Gasteiger charge is 2.04. The Morgan fingerprint density at radius 2 is 2.18 bits per heavy atom. The van der Waals surface area contributed by atoms with E-state index in [4.69, 9.17) is 22.6 Å². The molecule has 17 heavy (non-hydrogen) atoms. The third-order valence-corrected chi connectivity index (χ3v) is 2.50. The second-order valence-corrected chi connectivity index (χ2v) is 3.78. The Kier molecular flexibility index (Phi) is 3.12. The molecule has 1 aromatic heterocycles. The summed E-state index contributed by atoms with van der Waals surface area (Å²) in [5.74, 6) is 0.541. The van der Waals surface area contributed by atoms with Gasteiger partial charge in [-0.05, 0) is 30.3 Å². The van der Waals surface area contributed by atoms with Crippen molar-refractivity contribution in [3.8, 4) is 6.07 Å². The van der Waals surface area contributed by atoms with Gasteiger partial charge >= 0.3 is 0 Å². The molecule has 1 heterocycles. The van der Waals surface area contributed by atoms with Crippen LogP contribution in [0.4, 0.5) is 17.2 Å². The fraction of sp³-hybridized carbons (Fsp3) is 0. The third kappa shape index (κ3) is 2.47. The molecule has 0 bridgehead atoms. The van der Waals surface area contributed by atoms with Gasteiger partial charge in [0.1, 0.15) is 0 Å². The topological polar surface area (TPSA) is 74.7 Å². The largest absolute Gasteiger partial charge is 0.396 e. The Hall–Kier alpha value is -2.25. The highest BCUT2D eigenvalue weighted by molar-refractivity contribution is 6.33. The molecule has 84 valence electrons. The first kappa shape index (κ1) is 11.2. The number of hydrogen-bond donors (Lipinski definition) is 2. The molecule has 0 aliphatic rings. The zero-order valence-electron chi connectivity index (χ0n) is 8.81. The van der Waals surface area contributed by atoms with Crippen LogP contribution in [-0.4, -0.2) is 4.98 Å². The van der Waals surface area contributed by atoms with Crippen LogP contribution in [0.1, 0.15) is 5.56 Å². The molecular weight excluding hydrogens is 236 g/mol. The molecule has 0 radical (unpaired) electrons. The molecule has 0 aliphatic carbocycles. The number of nitrogen functional groups attached to an aromatic ring is 1. The lowest BCUT2D eigenvalue weighted by atomic mass is 10.2. The number of nitriles is 1. The number of aromatic nitrogens is 1. The van der Waals surface area contributed by atoms with E-state index in [2.05, 4.69) is 10.3 Å². The number of pyridine rings is 1. The highest BCUT2D eigenvalue weighted by atomic mass is 35.5. The molecule has 0 saturated heterocycles. The number of hydrogen-bond acceptors (Lipinski definition) is 4. The van der Waals surface area contributed by atoms with E-state index in [9.17, 15) is 0 Å². The molecular formula is C12H9ClN4. The average molecular weight is 245 g/mol. The first-order valence-corrected chi connectivity index (χ1v) is 5.25. The number of benzene rings is 1. The van der Waals surface area contributed by atoms with Crippen LogP contribution in [0.25, 0.3) is 0 Å². The van der Waals surface area contributed by atoms with E-state index in [0.29, 0.717) is 27.8 Å². The summed E-state index contributed by atoms with van der Waals surface area (Å²) in [6.45, 7) is 0. The van der Waals surface area contributed by atoms with Crippen molar-refractivity contribution in [1.82, 2.24) is 4.98 Å². The number of nitrogens with two attached hydrogens (primary N) is 1. The van der Waals surface area contributed by atoms with E-state index < -0.39 is 0 Å². The molecule has 1 aromatic carbocycles. The molecule has 2 aromatic rings. The predicted octanol–water partition coefficient (Wildman–Crippen LogP) is 2.93. The summed E-state index contributed by atoms with van der Waals surface area (Å²) in [6, 6.07) is 10.5. The summed E-state index contributed by atoms with van der Waals surface area (Å²) in [5.41, 5.74) is 7.46. The maximum atomic E-state index is 8.73. The molecule has 5 heteroatoms. The van der Waals surface area contributed by atoms with Gasteiger partial charge in [0.05, 0.1) is 28.0 Å². The van der Waals surface area contributed by atoms with Crippen molar-refractivity contribution in [1.29, 1.82) is 5.26 Å². The summed E-state index contributed by atoms with van der Waals surface area (Å²) in [4.78, 5) is 4.10. The molecule has 0 amide bonds. The summed E-state index contributed by atoms with van der Waals surface area (Å²) < 4.78 is 0. The normalized spacial score (nSPS) is 9.65. The van der Waals surface area contributed by atoms with E-state index in [1.807, 2.05) is 6.07 Å². The van der Waals surface area contributed by atoms with E-state index in [1.54, 1.807) is 36.5 Å². The van der Waals surface area contributed by atoms with E-state index in [-0.39, 0.29) is 0 Å². The maximum absolute atomic E-state index is 8.73. The number of anilines is 3. The van der Waals surface area contributed by atoms with E-state index in [0.717, 1.165) is 0 Å². The number of halogens is 1. The molecule has 4 nitrogen and oxygen atoms in total. The minimum Gasteiger partial charge on any atom is -0.396 e. The minimum atomic E-state index is 0.453. The molecule has 0 atom stereocenters. The van der Waals surface area contributed by atoms with Crippen molar-refractivity contribution in [3.63, 3.8) is 0 Å². The number of nitrogens with zero attached hydrogens (tertiary/aromatic N) is 2. The predicted molar refractivity (Wildman–Crippen MR) is 68.1 cm³/mol. The average Bonchev–Trinajstić information content (AvgIpc) is 2.34. The summed E-state index contributed by atoms with van der Waals surface area (Å²) >= 11 is 6.03. The monoisotopic (exact) mass is 244 g/mol. The molecule has 0 unspecified atom stereocenters. The third-order valence-electron chi connectivity index (χ3n) is 2.19. The van der Waals surface area contributed by atoms with Crippen LogP contribution in [0.5, 0.6) is 0 Å². The molecule has 0 saturated carbocycles. The Morgan fingerprint density at radius 1 is 1.35 bits per heavy atom. The van der Waals surface area contributed by atoms with Crippen molar-refractivity contribution < 1.29 is 0 Å². The Bertz CT molecular complexity index is 589. The fourth-order valence-corrected chi connectivity index (χ4v) is 1.56. The van der Waals surface area contributed by atoms with Crippen LogP contribution >= 0.6 is 11.6 Å². The van der Waals surface area contributed by atoms with Crippen LogP contribution in [0.15, 0.2) is 36.5 Å². The summed E-state index contributed by atoms with van der Waals surface area (Å²) in [5, 5.41) is 12.2. The maximum Gasteiger partial charge on any atom is 0.153 e. The number of nitrogens with one attached hydrogen (secondary N) is 1. The Morgan fingerprint density at radius 3 is 2.82 bits per heavy atom. The smallest absolute Gasteiger partial charge is 0.153 e. The minimum absolute atomic E-state index is 0.453. The van der Waals surface area contributed by atoms with Crippen LogP contribution in [0.2, 0.25) is 5.02 Å². The highest BCUT2D eigenvalue weighted by Crippen LogP contribution is 2.27. The standard InChI is InChI=1S/C12H9ClN4/c13-9-6-8(7-14)3-4-11(9)17-12-10(15)2-1-5-16-12/h1-6H,15H2,(H,16,17). The summed E-state index contributed by atoms with van der Waals surface area (Å²) in [6.07, 6.45) is 1.64. The lowest BCUT2D eigenvalue weighted by Crippen LogP contribution is -1.99. The number of rotatable bonds is 2. The first-order valence-electron chi connectivity index (χ1n) is 4.88. The quantitative estimate of drug-likeness (QED) is 0.852. The van der Waals surface area contributed by atoms with Gasteiger partial charge in [-0.1, -0.05) is 11.6 Å². The van der Waals surface area contributed by atoms with Gasteiger partial charge in [-0.25, -0.2) is 4.98 Å². The second kappa shape index (κ2) is 4.73. The van der Waals surface area contributed by atoms with Gasteiger partial charge in [-0.15, -0.1) is 0 Å². The van der Waals surface area contributed by atoms with Crippen LogP contribution in [0.3, 0.4) is 0 Å². The zero-order valence-corrected chi connectivity index (χ0v) is 9.57. The molecule has 0 spiro atoms. The van der Waals surface area contributed by atoms with Crippen molar-refractivity contribution in [3.05, 3.63) is 47.1 Å². The molecule has 0 fully saturated rings. The van der Waals surface area contributed by atoms with Gasteiger partial charge in [0.15, 0.2) is 5.82 Å². The lowest BCUT2D eigenvalue weighted by Gasteiger charge is -2.09. The Balaban J connectivity index is 2.32.